The SMILES string of the molecule is C[C@@H](Oc1cccc(Cl)c1)C(=O)NCc1ccc(S(N)(=O)=O)cc1. The molecule has 0 radical (unpaired) electrons. The maximum atomic E-state index is 12.0. The summed E-state index contributed by atoms with van der Waals surface area (Å²) < 4.78 is 27.9. The zero-order valence-electron chi connectivity index (χ0n) is 12.9. The predicted molar refractivity (Wildman–Crippen MR) is 91.2 cm³/mol. The molecule has 3 N–H and O–H groups in total. The second-order valence-electron chi connectivity index (χ2n) is 5.12. The zero-order valence-corrected chi connectivity index (χ0v) is 14.5. The minimum atomic E-state index is -3.72. The summed E-state index contributed by atoms with van der Waals surface area (Å²) in [5.74, 6) is 0.202. The van der Waals surface area contributed by atoms with Gasteiger partial charge in [-0.05, 0) is 42.8 Å². The largest absolute Gasteiger partial charge is 0.481 e. The van der Waals surface area contributed by atoms with Crippen molar-refractivity contribution in [2.45, 2.75) is 24.5 Å². The van der Waals surface area contributed by atoms with Crippen LogP contribution in [0.4, 0.5) is 0 Å². The molecule has 1 atom stereocenters. The van der Waals surface area contributed by atoms with Crippen molar-refractivity contribution in [3.05, 3.63) is 59.1 Å². The first-order chi connectivity index (χ1) is 11.3. The minimum Gasteiger partial charge on any atom is -0.481 e. The molecule has 0 aliphatic carbocycles. The maximum Gasteiger partial charge on any atom is 0.261 e. The van der Waals surface area contributed by atoms with Gasteiger partial charge in [-0.1, -0.05) is 29.8 Å². The smallest absolute Gasteiger partial charge is 0.261 e. The van der Waals surface area contributed by atoms with Crippen molar-refractivity contribution in [1.82, 2.24) is 5.32 Å². The van der Waals surface area contributed by atoms with Crippen LogP contribution in [-0.4, -0.2) is 20.4 Å². The van der Waals surface area contributed by atoms with Gasteiger partial charge in [-0.25, -0.2) is 13.6 Å². The lowest BCUT2D eigenvalue weighted by Crippen LogP contribution is -2.35. The van der Waals surface area contributed by atoms with Crippen LogP contribution in [0.1, 0.15) is 12.5 Å². The molecule has 0 bridgehead atoms. The van der Waals surface area contributed by atoms with Crippen LogP contribution in [0.2, 0.25) is 5.02 Å². The number of sulfonamides is 1. The fourth-order valence-corrected chi connectivity index (χ4v) is 2.62. The van der Waals surface area contributed by atoms with E-state index in [1.807, 2.05) is 0 Å². The van der Waals surface area contributed by atoms with E-state index >= 15 is 0 Å². The first-order valence-electron chi connectivity index (χ1n) is 7.07. The summed E-state index contributed by atoms with van der Waals surface area (Å²) >= 11 is 5.86. The molecule has 128 valence electrons. The van der Waals surface area contributed by atoms with Gasteiger partial charge in [0.2, 0.25) is 10.0 Å². The monoisotopic (exact) mass is 368 g/mol. The Balaban J connectivity index is 1.90. The van der Waals surface area contributed by atoms with Crippen molar-refractivity contribution in [2.24, 2.45) is 5.14 Å². The Morgan fingerprint density at radius 1 is 1.25 bits per heavy atom. The van der Waals surface area contributed by atoms with E-state index in [1.165, 1.54) is 12.1 Å². The molecule has 1 amide bonds. The van der Waals surface area contributed by atoms with Gasteiger partial charge >= 0.3 is 0 Å². The third kappa shape index (κ3) is 5.23. The number of ether oxygens (including phenoxy) is 1. The molecule has 2 aromatic rings. The average molecular weight is 369 g/mol. The summed E-state index contributed by atoms with van der Waals surface area (Å²) in [6.45, 7) is 1.87. The molecule has 0 aromatic heterocycles. The summed E-state index contributed by atoms with van der Waals surface area (Å²) in [7, 11) is -3.72. The van der Waals surface area contributed by atoms with Gasteiger partial charge in [-0.2, -0.15) is 0 Å². The van der Waals surface area contributed by atoms with Crippen LogP contribution in [-0.2, 0) is 21.4 Å². The summed E-state index contributed by atoms with van der Waals surface area (Å²) in [4.78, 5) is 12.1. The van der Waals surface area contributed by atoms with Crippen molar-refractivity contribution in [2.75, 3.05) is 0 Å². The van der Waals surface area contributed by atoms with Crippen molar-refractivity contribution in [1.29, 1.82) is 0 Å². The fourth-order valence-electron chi connectivity index (χ4n) is 1.93. The number of hydrogen-bond acceptors (Lipinski definition) is 4. The third-order valence-electron chi connectivity index (χ3n) is 3.20. The Morgan fingerprint density at radius 3 is 2.50 bits per heavy atom. The maximum absolute atomic E-state index is 12.0. The number of rotatable bonds is 6. The standard InChI is InChI=1S/C16H17ClN2O4S/c1-11(23-14-4-2-3-13(17)9-14)16(20)19-10-12-5-7-15(8-6-12)24(18,21)22/h2-9,11H,10H2,1H3,(H,19,20)(H2,18,21,22)/t11-/m1/s1. The molecular weight excluding hydrogens is 352 g/mol. The Hall–Kier alpha value is -2.09. The van der Waals surface area contributed by atoms with Crippen molar-refractivity contribution < 1.29 is 17.9 Å². The molecule has 24 heavy (non-hydrogen) atoms. The van der Waals surface area contributed by atoms with E-state index in [9.17, 15) is 13.2 Å². The minimum absolute atomic E-state index is 0.0234. The first kappa shape index (κ1) is 18.3. The number of benzene rings is 2. The van der Waals surface area contributed by atoms with Gasteiger partial charge in [0.1, 0.15) is 5.75 Å². The number of carbonyl (C=O) groups is 1. The summed E-state index contributed by atoms with van der Waals surface area (Å²) in [6.07, 6.45) is -0.702. The van der Waals surface area contributed by atoms with Crippen molar-refractivity contribution in [3.8, 4) is 5.75 Å². The van der Waals surface area contributed by atoms with Crippen molar-refractivity contribution >= 4 is 27.5 Å². The lowest BCUT2D eigenvalue weighted by atomic mass is 10.2. The Morgan fingerprint density at radius 2 is 1.92 bits per heavy atom. The number of halogens is 1. The van der Waals surface area contributed by atoms with Crippen LogP contribution in [0, 0.1) is 0 Å². The van der Waals surface area contributed by atoms with E-state index in [-0.39, 0.29) is 17.3 Å². The molecule has 0 unspecified atom stereocenters. The number of nitrogens with two attached hydrogens (primary N) is 1. The molecule has 8 heteroatoms. The Bertz CT molecular complexity index is 822. The van der Waals surface area contributed by atoms with E-state index in [0.717, 1.165) is 5.56 Å². The fraction of sp³-hybridized carbons (Fsp3) is 0.188. The second-order valence-corrected chi connectivity index (χ2v) is 7.12. The highest BCUT2D eigenvalue weighted by molar-refractivity contribution is 7.89. The Kier molecular flexibility index (Phi) is 5.82. The van der Waals surface area contributed by atoms with Gasteiger partial charge in [0.05, 0.1) is 4.90 Å². The van der Waals surface area contributed by atoms with Crippen LogP contribution in [0.3, 0.4) is 0 Å². The molecular formula is C16H17ClN2O4S. The summed E-state index contributed by atoms with van der Waals surface area (Å²) in [5, 5.41) is 8.27. The summed E-state index contributed by atoms with van der Waals surface area (Å²) in [5.41, 5.74) is 0.741. The molecule has 0 aliphatic heterocycles. The predicted octanol–water partition coefficient (Wildman–Crippen LogP) is 2.07. The van der Waals surface area contributed by atoms with Gasteiger partial charge < -0.3 is 10.1 Å². The summed E-state index contributed by atoms with van der Waals surface area (Å²) in [6, 6.07) is 12.7. The highest BCUT2D eigenvalue weighted by Crippen LogP contribution is 2.18. The molecule has 0 spiro atoms. The number of carbonyl (C=O) groups excluding carboxylic acids is 1. The van der Waals surface area contributed by atoms with Crippen LogP contribution in [0.5, 0.6) is 5.75 Å². The lowest BCUT2D eigenvalue weighted by Gasteiger charge is -2.15. The van der Waals surface area contributed by atoms with Gasteiger partial charge in [-0.15, -0.1) is 0 Å². The number of nitrogens with one attached hydrogen (secondary N) is 1. The van der Waals surface area contributed by atoms with E-state index in [0.29, 0.717) is 10.8 Å². The van der Waals surface area contributed by atoms with Crippen LogP contribution < -0.4 is 15.2 Å². The number of primary sulfonamides is 1. The average Bonchev–Trinajstić information content (AvgIpc) is 2.52. The van der Waals surface area contributed by atoms with E-state index in [1.54, 1.807) is 43.3 Å². The third-order valence-corrected chi connectivity index (χ3v) is 4.36. The first-order valence-corrected chi connectivity index (χ1v) is 9.00. The highest BCUT2D eigenvalue weighted by Gasteiger charge is 2.14. The van der Waals surface area contributed by atoms with Gasteiger partial charge in [0, 0.05) is 11.6 Å². The van der Waals surface area contributed by atoms with Crippen LogP contribution in [0.15, 0.2) is 53.4 Å². The van der Waals surface area contributed by atoms with Crippen molar-refractivity contribution in [3.63, 3.8) is 0 Å². The van der Waals surface area contributed by atoms with Crippen LogP contribution >= 0.6 is 11.6 Å². The topological polar surface area (TPSA) is 98.5 Å². The van der Waals surface area contributed by atoms with Gasteiger partial charge in [0.25, 0.3) is 5.91 Å². The van der Waals surface area contributed by atoms with Gasteiger partial charge in [0.15, 0.2) is 6.10 Å². The van der Waals surface area contributed by atoms with E-state index in [2.05, 4.69) is 5.32 Å². The number of amides is 1. The molecule has 2 aromatic carbocycles. The molecule has 0 heterocycles. The van der Waals surface area contributed by atoms with Gasteiger partial charge in [-0.3, -0.25) is 4.79 Å². The molecule has 0 fully saturated rings. The normalized spacial score (nSPS) is 12.5. The molecule has 0 aliphatic rings. The lowest BCUT2D eigenvalue weighted by molar-refractivity contribution is -0.127. The number of hydrogen-bond donors (Lipinski definition) is 2. The molecule has 2 rings (SSSR count). The molecule has 0 saturated carbocycles. The van der Waals surface area contributed by atoms with E-state index < -0.39 is 16.1 Å². The second kappa shape index (κ2) is 7.65. The molecule has 6 nitrogen and oxygen atoms in total. The van der Waals surface area contributed by atoms with Crippen LogP contribution in [0.25, 0.3) is 0 Å². The highest BCUT2D eigenvalue weighted by atomic mass is 35.5. The quantitative estimate of drug-likeness (QED) is 0.815. The van der Waals surface area contributed by atoms with E-state index in [4.69, 9.17) is 21.5 Å². The Labute approximate surface area is 145 Å². The zero-order chi connectivity index (χ0) is 17.7. The molecule has 0 saturated heterocycles.